The molecular formula is C23H23F2N7O. The minimum Gasteiger partial charge on any atom is -0.467 e. The second kappa shape index (κ2) is 6.98. The zero-order chi connectivity index (χ0) is 22.9. The van der Waals surface area contributed by atoms with E-state index < -0.39 is 11.6 Å². The molecule has 10 heteroatoms. The number of hydrogen-bond acceptors (Lipinski definition) is 7. The molecule has 170 valence electrons. The summed E-state index contributed by atoms with van der Waals surface area (Å²) in [4.78, 5) is 18.4. The third-order valence-electron chi connectivity index (χ3n) is 7.11. The molecule has 2 atom stereocenters. The van der Waals surface area contributed by atoms with Crippen molar-refractivity contribution in [3.05, 3.63) is 36.3 Å². The Morgan fingerprint density at radius 1 is 1.21 bits per heavy atom. The number of pyridine rings is 1. The van der Waals surface area contributed by atoms with Gasteiger partial charge in [-0.05, 0) is 12.8 Å². The van der Waals surface area contributed by atoms with E-state index in [1.165, 1.54) is 7.11 Å². The van der Waals surface area contributed by atoms with E-state index in [-0.39, 0.29) is 22.9 Å². The Morgan fingerprint density at radius 2 is 1.97 bits per heavy atom. The van der Waals surface area contributed by atoms with E-state index >= 15 is 4.39 Å². The van der Waals surface area contributed by atoms with Gasteiger partial charge in [-0.15, -0.1) is 0 Å². The first kappa shape index (κ1) is 20.1. The maximum atomic E-state index is 15.3. The molecule has 33 heavy (non-hydrogen) atoms. The van der Waals surface area contributed by atoms with Crippen molar-refractivity contribution in [2.24, 2.45) is 11.1 Å². The minimum atomic E-state index is -0.918. The van der Waals surface area contributed by atoms with Crippen LogP contribution in [0.3, 0.4) is 0 Å². The Bertz CT molecular complexity index is 1400. The Balaban J connectivity index is 1.66. The number of benzene rings is 1. The molecule has 2 fully saturated rings. The third-order valence-corrected chi connectivity index (χ3v) is 7.11. The van der Waals surface area contributed by atoms with Crippen molar-refractivity contribution < 1.29 is 13.5 Å². The molecule has 4 aromatic rings. The summed E-state index contributed by atoms with van der Waals surface area (Å²) in [5.74, 6) is -1.82. The summed E-state index contributed by atoms with van der Waals surface area (Å²) >= 11 is 0. The SMILES string of the molecule is CNc1cc(F)c(F)c2c1[nH]c1ncc(-c3cnc(OC)nc3)c(N3CC[C@@]4(C[C@@H]4N)C3)c12. The van der Waals surface area contributed by atoms with E-state index in [1.807, 2.05) is 0 Å². The number of hydrogen-bond donors (Lipinski definition) is 3. The summed E-state index contributed by atoms with van der Waals surface area (Å²) in [7, 11) is 3.17. The molecule has 1 aliphatic carbocycles. The number of fused-ring (bicyclic) bond motifs is 3. The lowest BCUT2D eigenvalue weighted by Gasteiger charge is -2.23. The molecular weight excluding hydrogens is 428 g/mol. The Hall–Kier alpha value is -3.53. The lowest BCUT2D eigenvalue weighted by molar-refractivity contribution is 0.380. The second-order valence-corrected chi connectivity index (χ2v) is 8.89. The molecule has 0 bridgehead atoms. The monoisotopic (exact) mass is 451 g/mol. The summed E-state index contributed by atoms with van der Waals surface area (Å²) in [5, 5.41) is 3.66. The molecule has 1 spiro atoms. The van der Waals surface area contributed by atoms with Crippen molar-refractivity contribution in [2.75, 3.05) is 37.5 Å². The molecule has 1 saturated heterocycles. The smallest absolute Gasteiger partial charge is 0.316 e. The van der Waals surface area contributed by atoms with Crippen LogP contribution in [0.25, 0.3) is 33.1 Å². The molecule has 8 nitrogen and oxygen atoms in total. The van der Waals surface area contributed by atoms with Gasteiger partial charge in [0, 0.05) is 67.4 Å². The first-order valence-corrected chi connectivity index (χ1v) is 10.8. The quantitative estimate of drug-likeness (QED) is 0.437. The van der Waals surface area contributed by atoms with Gasteiger partial charge in [-0.25, -0.2) is 23.7 Å². The van der Waals surface area contributed by atoms with Gasteiger partial charge >= 0.3 is 6.01 Å². The van der Waals surface area contributed by atoms with Crippen LogP contribution in [-0.2, 0) is 0 Å². The van der Waals surface area contributed by atoms with Crippen LogP contribution in [0.15, 0.2) is 24.7 Å². The van der Waals surface area contributed by atoms with Gasteiger partial charge in [-0.3, -0.25) is 0 Å². The molecule has 0 amide bonds. The van der Waals surface area contributed by atoms with Crippen LogP contribution in [-0.4, -0.2) is 53.2 Å². The molecule has 6 rings (SSSR count). The van der Waals surface area contributed by atoms with Gasteiger partial charge in [0.15, 0.2) is 11.6 Å². The number of halogens is 2. The zero-order valence-electron chi connectivity index (χ0n) is 18.2. The summed E-state index contributed by atoms with van der Waals surface area (Å²) in [5.41, 5.74) is 9.98. The van der Waals surface area contributed by atoms with Gasteiger partial charge in [-0.1, -0.05) is 0 Å². The van der Waals surface area contributed by atoms with Gasteiger partial charge < -0.3 is 25.7 Å². The van der Waals surface area contributed by atoms with E-state index in [0.717, 1.165) is 43.2 Å². The number of nitrogens with zero attached hydrogens (tertiary/aromatic N) is 4. The number of aromatic nitrogens is 4. The number of H-pyrrole nitrogens is 1. The molecule has 0 unspecified atom stereocenters. The van der Waals surface area contributed by atoms with E-state index in [0.29, 0.717) is 27.8 Å². The van der Waals surface area contributed by atoms with Crippen molar-refractivity contribution in [2.45, 2.75) is 18.9 Å². The van der Waals surface area contributed by atoms with Gasteiger partial charge in [0.2, 0.25) is 0 Å². The summed E-state index contributed by atoms with van der Waals surface area (Å²) in [6.07, 6.45) is 6.95. The number of aromatic amines is 1. The Labute approximate surface area is 188 Å². The lowest BCUT2D eigenvalue weighted by atomic mass is 10.0. The molecule has 1 aliphatic heterocycles. The average Bonchev–Trinajstić information content (AvgIpc) is 3.16. The van der Waals surface area contributed by atoms with Crippen LogP contribution < -0.4 is 20.7 Å². The van der Waals surface area contributed by atoms with E-state index in [1.54, 1.807) is 25.6 Å². The number of anilines is 2. The maximum Gasteiger partial charge on any atom is 0.316 e. The van der Waals surface area contributed by atoms with Crippen LogP contribution in [0.2, 0.25) is 0 Å². The highest BCUT2D eigenvalue weighted by Crippen LogP contribution is 2.54. The number of nitrogens with two attached hydrogens (primary N) is 1. The molecule has 3 aromatic heterocycles. The number of nitrogens with one attached hydrogen (secondary N) is 2. The van der Waals surface area contributed by atoms with E-state index in [2.05, 4.69) is 30.2 Å². The first-order valence-electron chi connectivity index (χ1n) is 10.8. The molecule has 4 heterocycles. The average molecular weight is 451 g/mol. The molecule has 4 N–H and O–H groups in total. The van der Waals surface area contributed by atoms with Crippen LogP contribution in [0.5, 0.6) is 6.01 Å². The number of rotatable bonds is 4. The topological polar surface area (TPSA) is 105 Å². The van der Waals surface area contributed by atoms with Crippen LogP contribution in [0.1, 0.15) is 12.8 Å². The summed E-state index contributed by atoms with van der Waals surface area (Å²) in [6, 6.07) is 1.57. The molecule has 1 saturated carbocycles. The number of methoxy groups -OCH3 is 1. The fourth-order valence-electron chi connectivity index (χ4n) is 5.17. The lowest BCUT2D eigenvalue weighted by Crippen LogP contribution is -2.23. The van der Waals surface area contributed by atoms with Crippen molar-refractivity contribution in [3.8, 4) is 17.1 Å². The Morgan fingerprint density at radius 3 is 2.61 bits per heavy atom. The van der Waals surface area contributed by atoms with Crippen LogP contribution in [0, 0.1) is 17.0 Å². The highest BCUT2D eigenvalue weighted by molar-refractivity contribution is 6.18. The highest BCUT2D eigenvalue weighted by atomic mass is 19.2. The zero-order valence-corrected chi connectivity index (χ0v) is 18.2. The molecule has 1 aromatic carbocycles. The van der Waals surface area contributed by atoms with Gasteiger partial charge in [0.05, 0.1) is 34.8 Å². The first-order chi connectivity index (χ1) is 16.0. The van der Waals surface area contributed by atoms with Crippen molar-refractivity contribution in [1.29, 1.82) is 0 Å². The fourth-order valence-corrected chi connectivity index (χ4v) is 5.17. The van der Waals surface area contributed by atoms with E-state index in [4.69, 9.17) is 10.5 Å². The van der Waals surface area contributed by atoms with Crippen LogP contribution in [0.4, 0.5) is 20.2 Å². The third kappa shape index (κ3) is 2.86. The van der Waals surface area contributed by atoms with Crippen molar-refractivity contribution in [3.63, 3.8) is 0 Å². The standard InChI is InChI=1S/C23H23F2N7O/c1-27-14-5-13(24)18(25)16-17-20(32-4-3-23(10-32)6-15(23)26)12(9-28-21(17)31-19(14)16)11-7-29-22(33-2)30-8-11/h5,7-9,15,27H,3-4,6,10,26H2,1-2H3,(H,28,31)/t15-,23+/m0/s1. The Kier molecular flexibility index (Phi) is 4.25. The predicted octanol–water partition coefficient (Wildman–Crippen LogP) is 3.43. The summed E-state index contributed by atoms with van der Waals surface area (Å²) < 4.78 is 34.9. The van der Waals surface area contributed by atoms with Gasteiger partial charge in [-0.2, -0.15) is 0 Å². The largest absolute Gasteiger partial charge is 0.467 e. The van der Waals surface area contributed by atoms with Crippen molar-refractivity contribution >= 4 is 33.3 Å². The van der Waals surface area contributed by atoms with Crippen molar-refractivity contribution in [1.82, 2.24) is 19.9 Å². The van der Waals surface area contributed by atoms with Crippen LogP contribution >= 0.6 is 0 Å². The fraction of sp³-hybridized carbons (Fsp3) is 0.348. The van der Waals surface area contributed by atoms with Gasteiger partial charge in [0.25, 0.3) is 0 Å². The molecule has 0 radical (unpaired) electrons. The normalized spacial score (nSPS) is 22.0. The second-order valence-electron chi connectivity index (χ2n) is 8.89. The highest BCUT2D eigenvalue weighted by Gasteiger charge is 2.55. The predicted molar refractivity (Wildman–Crippen MR) is 122 cm³/mol. The van der Waals surface area contributed by atoms with Gasteiger partial charge in [0.1, 0.15) is 5.65 Å². The number of ether oxygens (including phenoxy) is 1. The van der Waals surface area contributed by atoms with E-state index in [9.17, 15) is 4.39 Å². The minimum absolute atomic E-state index is 0.0787. The summed E-state index contributed by atoms with van der Waals surface area (Å²) in [6.45, 7) is 1.51. The molecule has 2 aliphatic rings. The maximum absolute atomic E-state index is 15.3.